The lowest BCUT2D eigenvalue weighted by molar-refractivity contribution is -0.00837. The predicted molar refractivity (Wildman–Crippen MR) is 73.1 cm³/mol. The van der Waals surface area contributed by atoms with Crippen molar-refractivity contribution in [3.05, 3.63) is 0 Å². The fourth-order valence-electron chi connectivity index (χ4n) is 2.46. The molecule has 0 aromatic heterocycles. The Bertz CT molecular complexity index is 179. The molecule has 1 aliphatic rings. The lowest BCUT2D eigenvalue weighted by Crippen LogP contribution is -2.43. The molecule has 1 fully saturated rings. The Kier molecular flexibility index (Phi) is 6.78. The maximum Gasteiger partial charge on any atom is 0.0771 e. The van der Waals surface area contributed by atoms with Crippen LogP contribution in [0.15, 0.2) is 0 Å². The van der Waals surface area contributed by atoms with E-state index in [-0.39, 0.29) is 0 Å². The largest absolute Gasteiger partial charge is 0.389 e. The summed E-state index contributed by atoms with van der Waals surface area (Å²) in [6, 6.07) is 0. The number of nitrogens with one attached hydrogen (secondary N) is 1. The van der Waals surface area contributed by atoms with E-state index in [9.17, 15) is 5.11 Å². The molecule has 0 spiro atoms. The van der Waals surface area contributed by atoms with Gasteiger partial charge in [-0.1, -0.05) is 13.3 Å². The summed E-state index contributed by atoms with van der Waals surface area (Å²) >= 11 is 1.89. The van der Waals surface area contributed by atoms with Crippen molar-refractivity contribution in [3.8, 4) is 0 Å². The summed E-state index contributed by atoms with van der Waals surface area (Å²) in [6.07, 6.45) is 9.01. The van der Waals surface area contributed by atoms with Crippen LogP contribution in [0.25, 0.3) is 0 Å². The highest BCUT2D eigenvalue weighted by molar-refractivity contribution is 7.98. The number of hydrogen-bond donors (Lipinski definition) is 2. The zero-order valence-electron chi connectivity index (χ0n) is 10.8. The SMILES string of the molecule is CCC1CCC(O)(CNCCCSC)CC1. The first-order valence-corrected chi connectivity index (χ1v) is 8.01. The van der Waals surface area contributed by atoms with Crippen LogP contribution in [0, 0.1) is 5.92 Å². The van der Waals surface area contributed by atoms with Crippen LogP contribution in [0.2, 0.25) is 0 Å². The van der Waals surface area contributed by atoms with Gasteiger partial charge in [-0.3, -0.25) is 0 Å². The quantitative estimate of drug-likeness (QED) is 0.676. The zero-order valence-corrected chi connectivity index (χ0v) is 11.6. The predicted octanol–water partition coefficient (Wildman–Crippen LogP) is 2.66. The van der Waals surface area contributed by atoms with Crippen LogP contribution in [0.3, 0.4) is 0 Å². The van der Waals surface area contributed by atoms with E-state index in [1.54, 1.807) is 0 Å². The molecule has 2 nitrogen and oxygen atoms in total. The van der Waals surface area contributed by atoms with E-state index in [0.717, 1.165) is 31.8 Å². The van der Waals surface area contributed by atoms with Gasteiger partial charge in [0.2, 0.25) is 0 Å². The highest BCUT2D eigenvalue weighted by atomic mass is 32.2. The van der Waals surface area contributed by atoms with E-state index in [1.165, 1.54) is 31.4 Å². The maximum absolute atomic E-state index is 10.4. The summed E-state index contributed by atoms with van der Waals surface area (Å²) in [5.41, 5.74) is -0.412. The van der Waals surface area contributed by atoms with Crippen molar-refractivity contribution in [1.82, 2.24) is 5.32 Å². The molecule has 0 saturated heterocycles. The molecule has 0 heterocycles. The second-order valence-corrected chi connectivity index (χ2v) is 6.08. The Labute approximate surface area is 105 Å². The molecular formula is C13H27NOS. The minimum absolute atomic E-state index is 0.412. The van der Waals surface area contributed by atoms with E-state index in [4.69, 9.17) is 0 Å². The van der Waals surface area contributed by atoms with Crippen LogP contribution in [0.1, 0.15) is 45.4 Å². The van der Waals surface area contributed by atoms with Gasteiger partial charge in [0, 0.05) is 6.54 Å². The van der Waals surface area contributed by atoms with E-state index in [1.807, 2.05) is 11.8 Å². The molecule has 0 aromatic carbocycles. The average Bonchev–Trinajstić information content (AvgIpc) is 2.30. The summed E-state index contributed by atoms with van der Waals surface area (Å²) < 4.78 is 0. The Morgan fingerprint density at radius 1 is 1.38 bits per heavy atom. The number of aliphatic hydroxyl groups is 1. The van der Waals surface area contributed by atoms with Gasteiger partial charge in [0.1, 0.15) is 0 Å². The standard InChI is InChI=1S/C13H27NOS/c1-3-12-5-7-13(15,8-6-12)11-14-9-4-10-16-2/h12,14-15H,3-11H2,1-2H3. The molecule has 0 amide bonds. The first kappa shape index (κ1) is 14.3. The van der Waals surface area contributed by atoms with Gasteiger partial charge in [0.05, 0.1) is 5.60 Å². The minimum Gasteiger partial charge on any atom is -0.389 e. The molecule has 0 unspecified atom stereocenters. The topological polar surface area (TPSA) is 32.3 Å². The Morgan fingerprint density at radius 2 is 2.06 bits per heavy atom. The minimum atomic E-state index is -0.412. The third-order valence-corrected chi connectivity index (χ3v) is 4.47. The van der Waals surface area contributed by atoms with Crippen LogP contribution in [-0.4, -0.2) is 35.8 Å². The number of hydrogen-bond acceptors (Lipinski definition) is 3. The zero-order chi connectivity index (χ0) is 11.9. The average molecular weight is 245 g/mol. The molecular weight excluding hydrogens is 218 g/mol. The fraction of sp³-hybridized carbons (Fsp3) is 1.00. The molecule has 1 saturated carbocycles. The lowest BCUT2D eigenvalue weighted by atomic mass is 9.78. The second-order valence-electron chi connectivity index (χ2n) is 5.10. The molecule has 0 atom stereocenters. The van der Waals surface area contributed by atoms with Crippen LogP contribution in [0.5, 0.6) is 0 Å². The molecule has 0 aliphatic heterocycles. The van der Waals surface area contributed by atoms with Crippen molar-refractivity contribution in [2.75, 3.05) is 25.1 Å². The van der Waals surface area contributed by atoms with Gasteiger partial charge in [-0.25, -0.2) is 0 Å². The molecule has 16 heavy (non-hydrogen) atoms. The summed E-state index contributed by atoms with van der Waals surface area (Å²) in [6.45, 7) is 4.09. The van der Waals surface area contributed by atoms with Gasteiger partial charge < -0.3 is 10.4 Å². The van der Waals surface area contributed by atoms with E-state index in [2.05, 4.69) is 18.5 Å². The summed E-state index contributed by atoms with van der Waals surface area (Å²) in [5.74, 6) is 2.07. The highest BCUT2D eigenvalue weighted by Crippen LogP contribution is 2.33. The first-order valence-electron chi connectivity index (χ1n) is 6.62. The Hall–Kier alpha value is 0.270. The van der Waals surface area contributed by atoms with Gasteiger partial charge in [0.25, 0.3) is 0 Å². The van der Waals surface area contributed by atoms with Crippen molar-refractivity contribution in [2.24, 2.45) is 5.92 Å². The molecule has 3 heteroatoms. The number of rotatable bonds is 7. The molecule has 0 aromatic rings. The lowest BCUT2D eigenvalue weighted by Gasteiger charge is -2.36. The Morgan fingerprint density at radius 3 is 2.62 bits per heavy atom. The van der Waals surface area contributed by atoms with Crippen LogP contribution in [-0.2, 0) is 0 Å². The molecule has 96 valence electrons. The third-order valence-electron chi connectivity index (χ3n) is 3.77. The highest BCUT2D eigenvalue weighted by Gasteiger charge is 2.31. The molecule has 0 bridgehead atoms. The number of thioether (sulfide) groups is 1. The van der Waals surface area contributed by atoms with Crippen molar-refractivity contribution < 1.29 is 5.11 Å². The molecule has 1 aliphatic carbocycles. The maximum atomic E-state index is 10.4. The van der Waals surface area contributed by atoms with Crippen LogP contribution < -0.4 is 5.32 Å². The summed E-state index contributed by atoms with van der Waals surface area (Å²) in [4.78, 5) is 0. The second kappa shape index (κ2) is 7.57. The van der Waals surface area contributed by atoms with E-state index >= 15 is 0 Å². The van der Waals surface area contributed by atoms with E-state index in [0.29, 0.717) is 0 Å². The van der Waals surface area contributed by atoms with Gasteiger partial charge in [-0.2, -0.15) is 11.8 Å². The smallest absolute Gasteiger partial charge is 0.0771 e. The normalized spacial score (nSPS) is 30.6. The molecule has 1 rings (SSSR count). The van der Waals surface area contributed by atoms with Crippen molar-refractivity contribution in [3.63, 3.8) is 0 Å². The van der Waals surface area contributed by atoms with Gasteiger partial charge >= 0.3 is 0 Å². The van der Waals surface area contributed by atoms with Crippen molar-refractivity contribution in [2.45, 2.75) is 51.0 Å². The molecule has 2 N–H and O–H groups in total. The monoisotopic (exact) mass is 245 g/mol. The van der Waals surface area contributed by atoms with Crippen LogP contribution >= 0.6 is 11.8 Å². The van der Waals surface area contributed by atoms with E-state index < -0.39 is 5.60 Å². The summed E-state index contributed by atoms with van der Waals surface area (Å²) in [7, 11) is 0. The van der Waals surface area contributed by atoms with Crippen LogP contribution in [0.4, 0.5) is 0 Å². The molecule has 0 radical (unpaired) electrons. The first-order chi connectivity index (χ1) is 7.70. The van der Waals surface area contributed by atoms with Crippen molar-refractivity contribution >= 4 is 11.8 Å². The fourth-order valence-corrected chi connectivity index (χ4v) is 2.90. The van der Waals surface area contributed by atoms with Gasteiger partial charge in [-0.05, 0) is 56.6 Å². The summed E-state index contributed by atoms with van der Waals surface area (Å²) in [5, 5.41) is 13.8. The third kappa shape index (κ3) is 5.07. The Balaban J connectivity index is 2.11. The van der Waals surface area contributed by atoms with Crippen molar-refractivity contribution in [1.29, 1.82) is 0 Å². The van der Waals surface area contributed by atoms with Gasteiger partial charge in [-0.15, -0.1) is 0 Å². The van der Waals surface area contributed by atoms with Gasteiger partial charge in [0.15, 0.2) is 0 Å².